The molecular weight excluding hydrogens is 188 g/mol. The lowest BCUT2D eigenvalue weighted by Crippen LogP contribution is -2.50. The highest BCUT2D eigenvalue weighted by atomic mass is 16.1. The zero-order valence-electron chi connectivity index (χ0n) is 9.59. The third-order valence-corrected chi connectivity index (χ3v) is 3.65. The van der Waals surface area contributed by atoms with E-state index in [0.717, 1.165) is 31.8 Å². The highest BCUT2D eigenvalue weighted by molar-refractivity contribution is 5.76. The number of carbonyl (C=O) groups excluding carboxylic acids is 1. The molecule has 2 atom stereocenters. The Morgan fingerprint density at radius 2 is 2.20 bits per heavy atom. The quantitative estimate of drug-likeness (QED) is 0.734. The molecule has 1 heterocycles. The van der Waals surface area contributed by atoms with Crippen molar-refractivity contribution in [1.29, 1.82) is 0 Å². The lowest BCUT2D eigenvalue weighted by Gasteiger charge is -2.30. The standard InChI is InChI=1S/C12H22N2O/c1-9-6-7-13-8-11(9)14-12(15)5-4-10-2-3-10/h9-11,13H,2-8H2,1H3,(H,14,15). The average molecular weight is 210 g/mol. The zero-order valence-corrected chi connectivity index (χ0v) is 9.59. The molecule has 2 fully saturated rings. The molecule has 1 amide bonds. The first-order valence-electron chi connectivity index (χ1n) is 6.26. The van der Waals surface area contributed by atoms with Crippen molar-refractivity contribution in [2.45, 2.75) is 45.1 Å². The van der Waals surface area contributed by atoms with E-state index >= 15 is 0 Å². The van der Waals surface area contributed by atoms with Crippen LogP contribution in [0.15, 0.2) is 0 Å². The number of hydrogen-bond donors (Lipinski definition) is 2. The topological polar surface area (TPSA) is 41.1 Å². The molecule has 0 radical (unpaired) electrons. The highest BCUT2D eigenvalue weighted by Crippen LogP contribution is 2.33. The minimum atomic E-state index is 0.252. The minimum Gasteiger partial charge on any atom is -0.352 e. The molecule has 15 heavy (non-hydrogen) atoms. The van der Waals surface area contributed by atoms with Crippen molar-refractivity contribution in [3.8, 4) is 0 Å². The zero-order chi connectivity index (χ0) is 10.7. The number of amides is 1. The van der Waals surface area contributed by atoms with Crippen LogP contribution in [-0.4, -0.2) is 25.0 Å². The first kappa shape index (κ1) is 10.9. The number of nitrogens with one attached hydrogen (secondary N) is 2. The van der Waals surface area contributed by atoms with E-state index in [2.05, 4.69) is 17.6 Å². The van der Waals surface area contributed by atoms with Crippen molar-refractivity contribution in [2.75, 3.05) is 13.1 Å². The molecule has 3 heteroatoms. The molecule has 2 rings (SSSR count). The summed E-state index contributed by atoms with van der Waals surface area (Å²) in [5.41, 5.74) is 0. The van der Waals surface area contributed by atoms with Gasteiger partial charge in [0.2, 0.25) is 5.91 Å². The maximum absolute atomic E-state index is 11.7. The van der Waals surface area contributed by atoms with Crippen LogP contribution < -0.4 is 10.6 Å². The van der Waals surface area contributed by atoms with Crippen molar-refractivity contribution in [2.24, 2.45) is 11.8 Å². The second-order valence-electron chi connectivity index (χ2n) is 5.13. The van der Waals surface area contributed by atoms with Gasteiger partial charge in [-0.05, 0) is 31.2 Å². The number of rotatable bonds is 4. The van der Waals surface area contributed by atoms with E-state index in [1.807, 2.05) is 0 Å². The van der Waals surface area contributed by atoms with Crippen LogP contribution in [0.4, 0.5) is 0 Å². The van der Waals surface area contributed by atoms with Gasteiger partial charge in [-0.2, -0.15) is 0 Å². The van der Waals surface area contributed by atoms with Gasteiger partial charge in [-0.15, -0.1) is 0 Å². The van der Waals surface area contributed by atoms with E-state index in [1.165, 1.54) is 19.3 Å². The molecule has 1 aliphatic heterocycles. The Hall–Kier alpha value is -0.570. The van der Waals surface area contributed by atoms with E-state index in [1.54, 1.807) is 0 Å². The molecule has 0 aromatic rings. The van der Waals surface area contributed by atoms with Crippen LogP contribution in [0.5, 0.6) is 0 Å². The molecule has 0 aromatic carbocycles. The molecule has 2 N–H and O–H groups in total. The summed E-state index contributed by atoms with van der Waals surface area (Å²) >= 11 is 0. The number of carbonyl (C=O) groups is 1. The van der Waals surface area contributed by atoms with Crippen LogP contribution in [0.25, 0.3) is 0 Å². The van der Waals surface area contributed by atoms with Gasteiger partial charge in [0.05, 0.1) is 0 Å². The van der Waals surface area contributed by atoms with Crippen molar-refractivity contribution < 1.29 is 4.79 Å². The third-order valence-electron chi connectivity index (χ3n) is 3.65. The fourth-order valence-corrected chi connectivity index (χ4v) is 2.20. The lowest BCUT2D eigenvalue weighted by molar-refractivity contribution is -0.122. The SMILES string of the molecule is CC1CCNCC1NC(=O)CCC1CC1. The maximum atomic E-state index is 11.7. The Balaban J connectivity index is 1.66. The molecule has 2 aliphatic rings. The first-order valence-corrected chi connectivity index (χ1v) is 6.26. The molecular formula is C12H22N2O. The fraction of sp³-hybridized carbons (Fsp3) is 0.917. The molecule has 1 saturated heterocycles. The molecule has 1 saturated carbocycles. The van der Waals surface area contributed by atoms with Crippen LogP contribution >= 0.6 is 0 Å². The Bertz CT molecular complexity index is 226. The summed E-state index contributed by atoms with van der Waals surface area (Å²) in [5.74, 6) is 1.73. The van der Waals surface area contributed by atoms with Crippen LogP contribution in [-0.2, 0) is 4.79 Å². The van der Waals surface area contributed by atoms with Gasteiger partial charge in [-0.3, -0.25) is 4.79 Å². The van der Waals surface area contributed by atoms with Crippen LogP contribution in [0.2, 0.25) is 0 Å². The van der Waals surface area contributed by atoms with E-state index < -0.39 is 0 Å². The van der Waals surface area contributed by atoms with Gasteiger partial charge in [0, 0.05) is 19.0 Å². The summed E-state index contributed by atoms with van der Waals surface area (Å²) in [5, 5.41) is 6.48. The fourth-order valence-electron chi connectivity index (χ4n) is 2.20. The summed E-state index contributed by atoms with van der Waals surface area (Å²) in [6.45, 7) is 4.26. The summed E-state index contributed by atoms with van der Waals surface area (Å²) < 4.78 is 0. The molecule has 1 aliphatic carbocycles. The van der Waals surface area contributed by atoms with Gasteiger partial charge < -0.3 is 10.6 Å². The van der Waals surface area contributed by atoms with Crippen molar-refractivity contribution in [3.05, 3.63) is 0 Å². The summed E-state index contributed by atoms with van der Waals surface area (Å²) in [7, 11) is 0. The highest BCUT2D eigenvalue weighted by Gasteiger charge is 2.25. The van der Waals surface area contributed by atoms with E-state index in [-0.39, 0.29) is 5.91 Å². The predicted molar refractivity (Wildman–Crippen MR) is 60.5 cm³/mol. The summed E-state index contributed by atoms with van der Waals surface area (Å²) in [6, 6.07) is 0.352. The largest absolute Gasteiger partial charge is 0.352 e. The van der Waals surface area contributed by atoms with Gasteiger partial charge in [-0.1, -0.05) is 19.8 Å². The average Bonchev–Trinajstić information content (AvgIpc) is 3.02. The number of hydrogen-bond acceptors (Lipinski definition) is 2. The summed E-state index contributed by atoms with van der Waals surface area (Å²) in [4.78, 5) is 11.7. The molecule has 0 spiro atoms. The van der Waals surface area contributed by atoms with E-state index in [0.29, 0.717) is 12.0 Å². The van der Waals surface area contributed by atoms with Crippen molar-refractivity contribution >= 4 is 5.91 Å². The van der Waals surface area contributed by atoms with Gasteiger partial charge >= 0.3 is 0 Å². The van der Waals surface area contributed by atoms with Crippen molar-refractivity contribution in [3.63, 3.8) is 0 Å². The lowest BCUT2D eigenvalue weighted by atomic mass is 9.94. The van der Waals surface area contributed by atoms with Gasteiger partial charge in [0.1, 0.15) is 0 Å². The van der Waals surface area contributed by atoms with Crippen LogP contribution in [0.3, 0.4) is 0 Å². The van der Waals surface area contributed by atoms with Gasteiger partial charge in [0.25, 0.3) is 0 Å². The third kappa shape index (κ3) is 3.49. The maximum Gasteiger partial charge on any atom is 0.220 e. The predicted octanol–water partition coefficient (Wildman–Crippen LogP) is 1.29. The molecule has 2 unspecified atom stereocenters. The van der Waals surface area contributed by atoms with Crippen LogP contribution in [0, 0.1) is 11.8 Å². The Kier molecular flexibility index (Phi) is 3.62. The van der Waals surface area contributed by atoms with E-state index in [9.17, 15) is 4.79 Å². The second-order valence-corrected chi connectivity index (χ2v) is 5.13. The smallest absolute Gasteiger partial charge is 0.220 e. The Morgan fingerprint density at radius 3 is 2.87 bits per heavy atom. The van der Waals surface area contributed by atoms with Crippen LogP contribution in [0.1, 0.15) is 39.0 Å². The number of piperidine rings is 1. The van der Waals surface area contributed by atoms with Crippen molar-refractivity contribution in [1.82, 2.24) is 10.6 Å². The van der Waals surface area contributed by atoms with E-state index in [4.69, 9.17) is 0 Å². The second kappa shape index (κ2) is 4.97. The Morgan fingerprint density at radius 1 is 1.40 bits per heavy atom. The Labute approximate surface area is 92.0 Å². The molecule has 86 valence electrons. The first-order chi connectivity index (χ1) is 7.25. The molecule has 0 bridgehead atoms. The summed E-state index contributed by atoms with van der Waals surface area (Å²) in [6.07, 6.45) is 5.69. The monoisotopic (exact) mass is 210 g/mol. The molecule has 0 aromatic heterocycles. The molecule has 3 nitrogen and oxygen atoms in total. The normalized spacial score (nSPS) is 31.3. The van der Waals surface area contributed by atoms with Gasteiger partial charge in [-0.25, -0.2) is 0 Å². The minimum absolute atomic E-state index is 0.252. The van der Waals surface area contributed by atoms with Gasteiger partial charge in [0.15, 0.2) is 0 Å².